The molecule has 0 spiro atoms. The number of aryl methyl sites for hydroxylation is 4. The van der Waals surface area contributed by atoms with E-state index in [0.717, 1.165) is 32.8 Å². The van der Waals surface area contributed by atoms with Crippen molar-refractivity contribution >= 4 is 190 Å². The number of nitrogens with zero attached hydrogens (tertiary/aromatic N) is 11. The molecule has 0 saturated carbocycles. The summed E-state index contributed by atoms with van der Waals surface area (Å²) in [4.78, 5) is 191. The normalized spacial score (nSPS) is 12.8. The molecule has 8 aromatic heterocycles. The van der Waals surface area contributed by atoms with Gasteiger partial charge in [-0.2, -0.15) is 9.97 Å². The summed E-state index contributed by atoms with van der Waals surface area (Å²) >= 11 is 0. The molecule has 45 heteroatoms. The standard InChI is InChI=1S/C50H53N9O11S2.C28H34N6O7S2.C22H21N3O5/c1-27(5-14-43(62)58(2)16-17-59-45-34-22-40-41(70-26-69-40)23-36(34)53-25-35(45)32-20-38(67-3)39(68-4)21-33(32)48(59)64)72-71-18-15-52-42(61)13-11-30(49(65)66)19-37(60)29-9-6-28(7-10-29)8-12-31-24-54-46-44(55-31)47(63)57-50(51)56-46;1-16(2-11-23(37)38)43-42-13-12-30-22(36)10-8-19(27(40)41)14-21(35)18-6-3-17(4-7-18)5-9-20-15-31-25-24(32-20)26(39)34-28(29)33-25;1-23-2-3-25-21-16-6-19-20(30-11-29-19)7-18(16)24-8-17(21)14-4-12(9-26)13(10-27)5-15(14)22(25)28/h6-7,9-10,20-25,27,30H,5,8,11-19,26H2,1-4H3,(H,52,61)(H,65,66)(H3,51,54,56,57,63);3-4,6-7,15-16,19H,2,5,8-14H2,1H3,(H,30,36)(H,37,38)(H,40,41)(H3,29,31,33,34,39);4-8,23,26-27H,2-3,9-11H2,1H3/t27?,30-;16?,19-;/m11./s1. The number of hydrogen-bond acceptors (Lipinski definition) is 35. The van der Waals surface area contributed by atoms with Crippen molar-refractivity contribution in [1.82, 2.24) is 79.8 Å². The van der Waals surface area contributed by atoms with E-state index in [-0.39, 0.29) is 170 Å². The largest absolute Gasteiger partial charge is 0.493 e. The first-order chi connectivity index (χ1) is 69.9. The molecule has 3 amide bonds. The van der Waals surface area contributed by atoms with Crippen LogP contribution < -0.4 is 78.1 Å². The Labute approximate surface area is 842 Å². The van der Waals surface area contributed by atoms with E-state index in [0.29, 0.717) is 194 Å². The molecular weight excluding hydrogens is 1950 g/mol. The van der Waals surface area contributed by atoms with Gasteiger partial charge in [0.15, 0.2) is 68.4 Å². The van der Waals surface area contributed by atoms with Crippen LogP contribution in [0.1, 0.15) is 132 Å². The Hall–Kier alpha value is -14.6. The molecule has 41 nitrogen and oxygen atoms in total. The topological polar surface area (TPSA) is 597 Å². The quantitative estimate of drug-likeness (QED) is 0.00730. The maximum atomic E-state index is 14.3. The Balaban J connectivity index is 0.000000192. The minimum absolute atomic E-state index is 0.00580. The van der Waals surface area contributed by atoms with Crippen molar-refractivity contribution in [2.45, 2.75) is 141 Å². The zero-order valence-corrected chi connectivity index (χ0v) is 83.3. The Morgan fingerprint density at radius 3 is 1.35 bits per heavy atom. The molecule has 2 unspecified atom stereocenters. The number of anilines is 2. The summed E-state index contributed by atoms with van der Waals surface area (Å²) in [7, 11) is 12.9. The number of likely N-dealkylation sites (N-methyl/N-ethyl adjacent to an activating group) is 2. The summed E-state index contributed by atoms with van der Waals surface area (Å²) < 4.78 is 36.8. The van der Waals surface area contributed by atoms with Crippen LogP contribution >= 0.6 is 43.2 Å². The van der Waals surface area contributed by atoms with E-state index >= 15 is 0 Å². The summed E-state index contributed by atoms with van der Waals surface area (Å²) in [6.07, 6.45) is 9.75. The van der Waals surface area contributed by atoms with Crippen LogP contribution in [-0.4, -0.2) is 227 Å². The number of aliphatic hydroxyl groups excluding tert-OH is 2. The van der Waals surface area contributed by atoms with Crippen molar-refractivity contribution in [2.75, 3.05) is 91.1 Å². The predicted octanol–water partition coefficient (Wildman–Crippen LogP) is 10.2. The van der Waals surface area contributed by atoms with E-state index in [1.807, 2.05) is 39.1 Å². The number of aliphatic carboxylic acids is 3. The number of H-pyrrole nitrogens is 2. The van der Waals surface area contributed by atoms with Crippen LogP contribution in [0.25, 0.3) is 87.5 Å². The first kappa shape index (κ1) is 106. The fourth-order valence-corrected chi connectivity index (χ4v) is 21.1. The maximum Gasteiger partial charge on any atom is 0.306 e. The summed E-state index contributed by atoms with van der Waals surface area (Å²) in [5.41, 5.74) is 17.9. The molecule has 2 aliphatic heterocycles. The highest BCUT2D eigenvalue weighted by Gasteiger charge is 2.29. The molecule has 0 radical (unpaired) electrons. The van der Waals surface area contributed by atoms with E-state index in [1.165, 1.54) is 37.4 Å². The SMILES string of the molecule is CC(CCC(=O)O)SSCCNC(=O)CC[C@H](CC(=O)c1ccc(CCc2cnc3nc(N)[nH]c(=O)c3n2)cc1)C(=O)O.CNCCn1c(=O)c2cc(CO)c(CO)cc2c2cnc3cc4c(cc3c21)OCO4.COc1cc2c(=O)n(CCN(C)C(=O)CCC(C)SSCCNC(=O)CC[C@H](CC(=O)c3ccc(CCc4cnc5nc(N)[nH]c(=O)c5n4)cc3)C(=O)O)c3c4cc5c(cc4ncc3c2cc1OC)OCO5. The second-order valence-electron chi connectivity index (χ2n) is 34.4. The highest BCUT2D eigenvalue weighted by molar-refractivity contribution is 8.77. The molecule has 760 valence electrons. The van der Waals surface area contributed by atoms with Crippen LogP contribution in [0.3, 0.4) is 0 Å². The van der Waals surface area contributed by atoms with Gasteiger partial charge in [0.25, 0.3) is 22.2 Å². The number of rotatable bonds is 46. The van der Waals surface area contributed by atoms with E-state index < -0.39 is 40.9 Å². The Bertz CT molecular complexity index is 7510. The number of pyridine rings is 4. The molecular formula is C100H108N18O23S4. The number of nitrogen functional groups attached to an aromatic ring is 2. The van der Waals surface area contributed by atoms with Crippen LogP contribution in [0.15, 0.2) is 141 Å². The number of carbonyl (C=O) groups excluding carboxylic acids is 5. The average Bonchev–Trinajstić information content (AvgIpc) is 1.25. The van der Waals surface area contributed by atoms with Crippen molar-refractivity contribution in [3.05, 3.63) is 208 Å². The molecule has 4 atom stereocenters. The molecule has 0 saturated heterocycles. The number of aliphatic hydroxyl groups is 2. The first-order valence-corrected chi connectivity index (χ1v) is 51.3. The third-order valence-electron chi connectivity index (χ3n) is 24.5. The molecule has 14 N–H and O–H groups in total. The van der Waals surface area contributed by atoms with Gasteiger partial charge in [0.1, 0.15) is 0 Å². The number of fused-ring (bicyclic) bond motifs is 14. The number of benzene rings is 6. The maximum absolute atomic E-state index is 14.3. The number of methoxy groups -OCH3 is 2. The Morgan fingerprint density at radius 1 is 0.497 bits per heavy atom. The van der Waals surface area contributed by atoms with E-state index in [2.05, 4.69) is 60.8 Å². The molecule has 0 aliphatic carbocycles. The van der Waals surface area contributed by atoms with Gasteiger partial charge in [0.2, 0.25) is 43.2 Å². The van der Waals surface area contributed by atoms with Gasteiger partial charge in [-0.3, -0.25) is 77.5 Å². The number of ketones is 2. The van der Waals surface area contributed by atoms with E-state index in [1.54, 1.807) is 145 Å². The lowest BCUT2D eigenvalue weighted by Crippen LogP contribution is -2.33. The lowest BCUT2D eigenvalue weighted by Gasteiger charge is -2.21. The fourth-order valence-electron chi connectivity index (χ4n) is 16.6. The molecule has 0 fully saturated rings. The highest BCUT2D eigenvalue weighted by atomic mass is 33.1. The number of hydrogen-bond donors (Lipinski definition) is 12. The van der Waals surface area contributed by atoms with Gasteiger partial charge in [0.05, 0.1) is 90.5 Å². The summed E-state index contributed by atoms with van der Waals surface area (Å²) in [5.74, 6) is -2.03. The number of carbonyl (C=O) groups is 8. The monoisotopic (exact) mass is 2060 g/mol. The molecule has 145 heavy (non-hydrogen) atoms. The summed E-state index contributed by atoms with van der Waals surface area (Å²) in [6.45, 7) is 6.06. The molecule has 10 heterocycles. The van der Waals surface area contributed by atoms with Crippen molar-refractivity contribution in [2.24, 2.45) is 11.8 Å². The smallest absolute Gasteiger partial charge is 0.306 e. The number of nitrogens with one attached hydrogen (secondary N) is 5. The number of carboxylic acid groups (broad SMARTS) is 3. The molecule has 14 aromatic rings. The first-order valence-electron chi connectivity index (χ1n) is 46.5. The van der Waals surface area contributed by atoms with Crippen molar-refractivity contribution in [3.8, 4) is 34.5 Å². The lowest BCUT2D eigenvalue weighted by molar-refractivity contribution is -0.143. The number of aromatic nitrogens is 12. The minimum atomic E-state index is -1.15. The Morgan fingerprint density at radius 2 is 0.917 bits per heavy atom. The van der Waals surface area contributed by atoms with Crippen molar-refractivity contribution in [3.63, 3.8) is 0 Å². The van der Waals surface area contributed by atoms with Gasteiger partial charge < -0.3 is 95.4 Å². The van der Waals surface area contributed by atoms with Crippen LogP contribution in [0.5, 0.6) is 34.5 Å². The Kier molecular flexibility index (Phi) is 36.3. The van der Waals surface area contributed by atoms with Gasteiger partial charge in [-0.05, 0) is 122 Å². The van der Waals surface area contributed by atoms with Crippen LogP contribution in [0.2, 0.25) is 0 Å². The number of nitrogens with two attached hydrogens (primary N) is 2. The number of ether oxygens (including phenoxy) is 6. The van der Waals surface area contributed by atoms with Gasteiger partial charge in [-0.15, -0.1) is 0 Å². The predicted molar refractivity (Wildman–Crippen MR) is 553 cm³/mol. The molecule has 2 aliphatic rings. The number of carboxylic acids is 3. The molecule has 0 bridgehead atoms. The van der Waals surface area contributed by atoms with E-state index in [9.17, 15) is 78.0 Å². The zero-order valence-electron chi connectivity index (χ0n) is 80.0. The van der Waals surface area contributed by atoms with Gasteiger partial charge >= 0.3 is 17.9 Å². The van der Waals surface area contributed by atoms with Crippen LogP contribution in [0, 0.1) is 11.8 Å². The average molecular weight is 2060 g/mol. The van der Waals surface area contributed by atoms with Gasteiger partial charge in [-0.1, -0.05) is 106 Å². The minimum Gasteiger partial charge on any atom is -0.493 e. The summed E-state index contributed by atoms with van der Waals surface area (Å²) in [6, 6.07) is 27.9. The van der Waals surface area contributed by atoms with Gasteiger partial charge in [0, 0.05) is 175 Å². The number of amides is 3. The summed E-state index contributed by atoms with van der Waals surface area (Å²) in [5, 5.41) is 61.9. The molecule has 16 rings (SSSR count). The van der Waals surface area contributed by atoms with Gasteiger partial charge in [-0.25, -0.2) is 19.9 Å². The second kappa shape index (κ2) is 49.6. The zero-order chi connectivity index (χ0) is 103. The number of Topliss-reactive ketones (excluding diaryl/α,β-unsaturated/α-hetero) is 2. The van der Waals surface area contributed by atoms with Crippen LogP contribution in [0.4, 0.5) is 11.9 Å². The fraction of sp³-hybridized carbons (Fsp3) is 0.360. The van der Waals surface area contributed by atoms with E-state index in [4.69, 9.17) is 50.0 Å². The lowest BCUT2D eigenvalue weighted by atomic mass is 9.93. The third kappa shape index (κ3) is 26.7. The molecule has 6 aromatic carbocycles. The van der Waals surface area contributed by atoms with Crippen molar-refractivity contribution < 1.29 is 92.3 Å². The third-order valence-corrected chi connectivity index (χ3v) is 30.4. The highest BCUT2D eigenvalue weighted by Crippen LogP contribution is 2.43. The second-order valence-corrected chi connectivity index (χ2v) is 40.3. The van der Waals surface area contributed by atoms with Crippen LogP contribution in [-0.2, 0) is 80.8 Å². The number of aromatic amines is 2. The van der Waals surface area contributed by atoms with Crippen molar-refractivity contribution in [1.29, 1.82) is 0 Å².